The normalized spacial score (nSPS) is 17.0. The van der Waals surface area contributed by atoms with Crippen LogP contribution in [0.25, 0.3) is 0 Å². The van der Waals surface area contributed by atoms with E-state index in [4.69, 9.17) is 9.47 Å². The number of carbonyl (C=O) groups is 1. The summed E-state index contributed by atoms with van der Waals surface area (Å²) in [6.07, 6.45) is -1.45. The molecular formula is C19H21FN2O4. The van der Waals surface area contributed by atoms with Crippen LogP contribution in [0.3, 0.4) is 0 Å². The van der Waals surface area contributed by atoms with Crippen molar-refractivity contribution in [1.29, 1.82) is 0 Å². The van der Waals surface area contributed by atoms with Crippen molar-refractivity contribution in [3.8, 4) is 11.5 Å². The molecule has 1 aliphatic rings. The Labute approximate surface area is 151 Å². The number of nitrogens with zero attached hydrogens (tertiary/aromatic N) is 1. The first kappa shape index (κ1) is 18.0. The minimum absolute atomic E-state index is 0.0514. The highest BCUT2D eigenvalue weighted by molar-refractivity contribution is 5.83. The van der Waals surface area contributed by atoms with Crippen molar-refractivity contribution in [2.45, 2.75) is 12.2 Å². The molecule has 0 bridgehead atoms. The third kappa shape index (κ3) is 4.23. The Morgan fingerprint density at radius 2 is 2.08 bits per heavy atom. The maximum absolute atomic E-state index is 12.9. The zero-order valence-electron chi connectivity index (χ0n) is 14.4. The number of β-amino-alcohol motifs (C(OH)–C–C–N with tert-alkyl or cyclic N) is 1. The number of ether oxygens (including phenoxy) is 2. The number of anilines is 1. The van der Waals surface area contributed by atoms with Crippen molar-refractivity contribution in [3.05, 3.63) is 54.3 Å². The fourth-order valence-electron chi connectivity index (χ4n) is 2.81. The molecule has 0 radical (unpaired) electrons. The van der Waals surface area contributed by atoms with Gasteiger partial charge in [0.15, 0.2) is 6.10 Å². The second-order valence-corrected chi connectivity index (χ2v) is 6.01. The van der Waals surface area contributed by atoms with Crippen LogP contribution in [0.15, 0.2) is 48.5 Å². The number of para-hydroxylation sites is 2. The molecule has 0 aliphatic carbocycles. The van der Waals surface area contributed by atoms with E-state index in [9.17, 15) is 14.3 Å². The predicted octanol–water partition coefficient (Wildman–Crippen LogP) is 1.58. The number of hydrogen-bond donors (Lipinski definition) is 2. The van der Waals surface area contributed by atoms with Crippen LogP contribution in [0.1, 0.15) is 0 Å². The lowest BCUT2D eigenvalue weighted by atomic mass is 10.1. The molecule has 3 rings (SSSR count). The molecule has 0 fully saturated rings. The van der Waals surface area contributed by atoms with E-state index in [1.54, 1.807) is 13.1 Å². The van der Waals surface area contributed by atoms with Crippen molar-refractivity contribution >= 4 is 11.6 Å². The van der Waals surface area contributed by atoms with Crippen LogP contribution in [0.5, 0.6) is 11.5 Å². The van der Waals surface area contributed by atoms with Gasteiger partial charge in [-0.3, -0.25) is 4.79 Å². The van der Waals surface area contributed by atoms with Gasteiger partial charge >= 0.3 is 0 Å². The molecule has 1 amide bonds. The van der Waals surface area contributed by atoms with Crippen molar-refractivity contribution in [2.75, 3.05) is 31.6 Å². The summed E-state index contributed by atoms with van der Waals surface area (Å²) < 4.78 is 24.1. The van der Waals surface area contributed by atoms with E-state index in [1.165, 1.54) is 24.3 Å². The molecule has 2 atom stereocenters. The quantitative estimate of drug-likeness (QED) is 0.819. The highest BCUT2D eigenvalue weighted by Crippen LogP contribution is 2.33. The van der Waals surface area contributed by atoms with Crippen LogP contribution in [0, 0.1) is 5.82 Å². The van der Waals surface area contributed by atoms with Crippen molar-refractivity contribution in [3.63, 3.8) is 0 Å². The fraction of sp³-hybridized carbons (Fsp3) is 0.316. The standard InChI is InChI=1S/C19H21FN2O4/c1-21-19(24)18-11-22(16-4-2-3-5-17(16)26-18)10-14(23)12-25-15-8-6-13(20)7-9-15/h2-9,14,18,23H,10-12H2,1H3,(H,21,24). The Morgan fingerprint density at radius 1 is 1.35 bits per heavy atom. The van der Waals surface area contributed by atoms with Gasteiger partial charge in [0.2, 0.25) is 0 Å². The van der Waals surface area contributed by atoms with Gasteiger partial charge in [0.05, 0.1) is 12.2 Å². The second kappa shape index (κ2) is 8.05. The number of nitrogens with one attached hydrogen (secondary N) is 1. The van der Waals surface area contributed by atoms with Crippen molar-refractivity contribution in [1.82, 2.24) is 5.32 Å². The van der Waals surface area contributed by atoms with Gasteiger partial charge < -0.3 is 24.8 Å². The van der Waals surface area contributed by atoms with Crippen molar-refractivity contribution < 1.29 is 23.8 Å². The number of halogens is 1. The summed E-state index contributed by atoms with van der Waals surface area (Å²) in [7, 11) is 1.56. The number of fused-ring (bicyclic) bond motifs is 1. The average molecular weight is 360 g/mol. The van der Waals surface area contributed by atoms with Gasteiger partial charge in [0.25, 0.3) is 5.91 Å². The fourth-order valence-corrected chi connectivity index (χ4v) is 2.81. The molecule has 0 aromatic heterocycles. The number of carbonyl (C=O) groups excluding carboxylic acids is 1. The van der Waals surface area contributed by atoms with Crippen LogP contribution in [-0.2, 0) is 4.79 Å². The van der Waals surface area contributed by atoms with Crippen LogP contribution in [0.4, 0.5) is 10.1 Å². The minimum Gasteiger partial charge on any atom is -0.491 e. The average Bonchev–Trinajstić information content (AvgIpc) is 2.66. The Hall–Kier alpha value is -2.80. The Kier molecular flexibility index (Phi) is 5.58. The molecule has 6 nitrogen and oxygen atoms in total. The number of likely N-dealkylation sites (N-methyl/N-ethyl adjacent to an activating group) is 1. The molecule has 2 aromatic carbocycles. The molecule has 0 saturated heterocycles. The van der Waals surface area contributed by atoms with Gasteiger partial charge in [-0.05, 0) is 36.4 Å². The van der Waals surface area contributed by atoms with Gasteiger partial charge in [0.1, 0.15) is 30.0 Å². The molecule has 2 unspecified atom stereocenters. The lowest BCUT2D eigenvalue weighted by molar-refractivity contribution is -0.127. The van der Waals surface area contributed by atoms with Crippen LogP contribution in [-0.4, -0.2) is 50.0 Å². The zero-order chi connectivity index (χ0) is 18.5. The lowest BCUT2D eigenvalue weighted by Crippen LogP contribution is -2.50. The van der Waals surface area contributed by atoms with E-state index in [0.717, 1.165) is 5.69 Å². The van der Waals surface area contributed by atoms with Crippen LogP contribution >= 0.6 is 0 Å². The summed E-state index contributed by atoms with van der Waals surface area (Å²) in [5, 5.41) is 12.9. The smallest absolute Gasteiger partial charge is 0.262 e. The first-order chi connectivity index (χ1) is 12.6. The SMILES string of the molecule is CNC(=O)C1CN(CC(O)COc2ccc(F)cc2)c2ccccc2O1. The number of rotatable bonds is 6. The third-order valence-electron chi connectivity index (χ3n) is 4.09. The summed E-state index contributed by atoms with van der Waals surface area (Å²) in [6.45, 7) is 0.648. The Bertz CT molecular complexity index is 753. The maximum atomic E-state index is 12.9. The van der Waals surface area contributed by atoms with Crippen LogP contribution < -0.4 is 19.7 Å². The predicted molar refractivity (Wildman–Crippen MR) is 95.0 cm³/mol. The molecule has 2 aromatic rings. The van der Waals surface area contributed by atoms with E-state index in [0.29, 0.717) is 18.0 Å². The largest absolute Gasteiger partial charge is 0.491 e. The Morgan fingerprint density at radius 3 is 2.81 bits per heavy atom. The molecule has 26 heavy (non-hydrogen) atoms. The summed E-state index contributed by atoms with van der Waals surface area (Å²) in [4.78, 5) is 13.9. The number of aliphatic hydroxyl groups is 1. The molecular weight excluding hydrogens is 339 g/mol. The van der Waals surface area contributed by atoms with Gasteiger partial charge in [-0.15, -0.1) is 0 Å². The lowest BCUT2D eigenvalue weighted by Gasteiger charge is -2.36. The molecule has 138 valence electrons. The van der Waals surface area contributed by atoms with Gasteiger partial charge in [-0.2, -0.15) is 0 Å². The van der Waals surface area contributed by atoms with E-state index in [2.05, 4.69) is 5.32 Å². The monoisotopic (exact) mass is 360 g/mol. The van der Waals surface area contributed by atoms with Crippen molar-refractivity contribution in [2.24, 2.45) is 0 Å². The molecule has 2 N–H and O–H groups in total. The topological polar surface area (TPSA) is 71.0 Å². The molecule has 7 heteroatoms. The summed E-state index contributed by atoms with van der Waals surface area (Å²) in [5.74, 6) is 0.514. The number of amides is 1. The molecule has 1 aliphatic heterocycles. The van der Waals surface area contributed by atoms with E-state index >= 15 is 0 Å². The maximum Gasteiger partial charge on any atom is 0.262 e. The Balaban J connectivity index is 1.65. The van der Waals surface area contributed by atoms with Gasteiger partial charge in [-0.1, -0.05) is 12.1 Å². The zero-order valence-corrected chi connectivity index (χ0v) is 14.4. The highest BCUT2D eigenvalue weighted by atomic mass is 19.1. The molecule has 0 saturated carbocycles. The third-order valence-corrected chi connectivity index (χ3v) is 4.09. The molecule has 1 heterocycles. The number of benzene rings is 2. The highest BCUT2D eigenvalue weighted by Gasteiger charge is 2.31. The summed E-state index contributed by atoms with van der Waals surface area (Å²) in [6, 6.07) is 13.0. The van der Waals surface area contributed by atoms with Gasteiger partial charge in [0, 0.05) is 13.6 Å². The summed E-state index contributed by atoms with van der Waals surface area (Å²) >= 11 is 0. The summed E-state index contributed by atoms with van der Waals surface area (Å²) in [5.41, 5.74) is 0.813. The first-order valence-corrected chi connectivity index (χ1v) is 8.35. The first-order valence-electron chi connectivity index (χ1n) is 8.35. The minimum atomic E-state index is -0.795. The molecule has 0 spiro atoms. The van der Waals surface area contributed by atoms with E-state index in [-0.39, 0.29) is 24.9 Å². The van der Waals surface area contributed by atoms with E-state index in [1.807, 2.05) is 23.1 Å². The van der Waals surface area contributed by atoms with Gasteiger partial charge in [-0.25, -0.2) is 4.39 Å². The van der Waals surface area contributed by atoms with E-state index < -0.39 is 12.2 Å². The number of hydrogen-bond acceptors (Lipinski definition) is 5. The number of aliphatic hydroxyl groups excluding tert-OH is 1. The van der Waals surface area contributed by atoms with Crippen LogP contribution in [0.2, 0.25) is 0 Å². The second-order valence-electron chi connectivity index (χ2n) is 6.01.